The van der Waals surface area contributed by atoms with Gasteiger partial charge in [-0.15, -0.1) is 0 Å². The van der Waals surface area contributed by atoms with Crippen molar-refractivity contribution < 1.29 is 22.8 Å². The first-order chi connectivity index (χ1) is 8.46. The van der Waals surface area contributed by atoms with Gasteiger partial charge in [-0.05, 0) is 18.3 Å². The lowest BCUT2D eigenvalue weighted by molar-refractivity contribution is -0.148. The molecule has 0 aromatic rings. The minimum atomic E-state index is -4.43. The Morgan fingerprint density at radius 2 is 1.84 bits per heavy atom. The molecule has 0 spiro atoms. The van der Waals surface area contributed by atoms with E-state index in [0.29, 0.717) is 12.8 Å². The molecule has 19 heavy (non-hydrogen) atoms. The van der Waals surface area contributed by atoms with Gasteiger partial charge in [0.2, 0.25) is 5.91 Å². The summed E-state index contributed by atoms with van der Waals surface area (Å²) in [7, 11) is 0. The molecule has 2 atom stereocenters. The van der Waals surface area contributed by atoms with Crippen molar-refractivity contribution in [2.75, 3.05) is 6.54 Å². The first-order valence-corrected chi connectivity index (χ1v) is 6.35. The standard InChI is InChI=1S/C13H18F3NO2/c1-10(2)11(3)4-5-12(10,6-8(11)18)9(19)17-7-13(14,15)16/h4-7H2,1-3H3,(H,17,19)/t11-,12-/m1/s1. The molecule has 108 valence electrons. The van der Waals surface area contributed by atoms with Gasteiger partial charge in [-0.1, -0.05) is 20.8 Å². The molecule has 2 bridgehead atoms. The Labute approximate surface area is 109 Å². The molecular weight excluding hydrogens is 259 g/mol. The maximum atomic E-state index is 12.2. The molecule has 2 aliphatic rings. The molecule has 0 radical (unpaired) electrons. The summed E-state index contributed by atoms with van der Waals surface area (Å²) in [6.07, 6.45) is -3.33. The van der Waals surface area contributed by atoms with Gasteiger partial charge in [-0.2, -0.15) is 13.2 Å². The summed E-state index contributed by atoms with van der Waals surface area (Å²) in [5, 5.41) is 1.96. The predicted octanol–water partition coefficient (Wildman–Crippen LogP) is 2.45. The molecule has 0 unspecified atom stereocenters. The first kappa shape index (κ1) is 14.3. The second kappa shape index (κ2) is 3.73. The van der Waals surface area contributed by atoms with Crippen LogP contribution >= 0.6 is 0 Å². The van der Waals surface area contributed by atoms with Crippen LogP contribution in [0.4, 0.5) is 13.2 Å². The van der Waals surface area contributed by atoms with E-state index in [9.17, 15) is 22.8 Å². The summed E-state index contributed by atoms with van der Waals surface area (Å²) in [6.45, 7) is 4.12. The Morgan fingerprint density at radius 1 is 1.26 bits per heavy atom. The Balaban J connectivity index is 2.25. The molecule has 2 fully saturated rings. The minimum absolute atomic E-state index is 0.00842. The lowest BCUT2D eigenvalue weighted by Crippen LogP contribution is -2.48. The third-order valence-electron chi connectivity index (χ3n) is 5.59. The number of fused-ring (bicyclic) bond motifs is 2. The maximum Gasteiger partial charge on any atom is 0.405 e. The number of nitrogens with one attached hydrogen (secondary N) is 1. The highest BCUT2D eigenvalue weighted by atomic mass is 19.4. The van der Waals surface area contributed by atoms with Crippen LogP contribution < -0.4 is 5.32 Å². The molecule has 1 amide bonds. The van der Waals surface area contributed by atoms with E-state index >= 15 is 0 Å². The molecule has 2 saturated carbocycles. The number of hydrogen-bond donors (Lipinski definition) is 1. The Morgan fingerprint density at radius 3 is 2.21 bits per heavy atom. The number of carbonyl (C=O) groups excluding carboxylic acids is 2. The SMILES string of the molecule is CC1(C)[C@]2(C(=O)NCC(F)(F)F)CC[C@]1(C)C(=O)C2. The van der Waals surface area contributed by atoms with Crippen molar-refractivity contribution in [3.8, 4) is 0 Å². The summed E-state index contributed by atoms with van der Waals surface area (Å²) in [6, 6.07) is 0. The van der Waals surface area contributed by atoms with Crippen LogP contribution in [0.3, 0.4) is 0 Å². The molecule has 0 aromatic carbocycles. The number of alkyl halides is 3. The first-order valence-electron chi connectivity index (χ1n) is 6.35. The predicted molar refractivity (Wildman–Crippen MR) is 62.2 cm³/mol. The molecule has 0 aliphatic heterocycles. The van der Waals surface area contributed by atoms with Gasteiger partial charge in [-0.25, -0.2) is 0 Å². The van der Waals surface area contributed by atoms with Crippen molar-refractivity contribution in [1.82, 2.24) is 5.32 Å². The number of ketones is 1. The topological polar surface area (TPSA) is 46.2 Å². The number of Topliss-reactive ketones (excluding diaryl/α,β-unsaturated/α-hetero) is 1. The van der Waals surface area contributed by atoms with Crippen LogP contribution in [0.25, 0.3) is 0 Å². The Kier molecular flexibility index (Phi) is 2.82. The molecular formula is C13H18F3NO2. The highest BCUT2D eigenvalue weighted by Gasteiger charge is 2.72. The van der Waals surface area contributed by atoms with Gasteiger partial charge in [0.15, 0.2) is 0 Å². The van der Waals surface area contributed by atoms with Crippen molar-refractivity contribution in [2.45, 2.75) is 46.2 Å². The summed E-state index contributed by atoms with van der Waals surface area (Å²) >= 11 is 0. The largest absolute Gasteiger partial charge is 0.405 e. The summed E-state index contributed by atoms with van der Waals surface area (Å²) in [5.41, 5.74) is -2.18. The van der Waals surface area contributed by atoms with Gasteiger partial charge in [0.25, 0.3) is 0 Å². The Bertz CT molecular complexity index is 444. The van der Waals surface area contributed by atoms with E-state index < -0.39 is 34.9 Å². The van der Waals surface area contributed by atoms with Crippen molar-refractivity contribution in [1.29, 1.82) is 0 Å². The number of hydrogen-bond acceptors (Lipinski definition) is 2. The van der Waals surface area contributed by atoms with Gasteiger partial charge in [0.05, 0.1) is 5.41 Å². The van der Waals surface area contributed by atoms with E-state index in [1.54, 1.807) is 0 Å². The number of rotatable bonds is 2. The highest BCUT2D eigenvalue weighted by molar-refractivity contribution is 5.99. The average molecular weight is 277 g/mol. The van der Waals surface area contributed by atoms with Crippen LogP contribution in [-0.2, 0) is 9.59 Å². The number of halogens is 3. The van der Waals surface area contributed by atoms with Gasteiger partial charge >= 0.3 is 6.18 Å². The monoisotopic (exact) mass is 277 g/mol. The minimum Gasteiger partial charge on any atom is -0.346 e. The fraction of sp³-hybridized carbons (Fsp3) is 0.846. The summed E-state index contributed by atoms with van der Waals surface area (Å²) in [4.78, 5) is 24.3. The number of amides is 1. The third-order valence-corrected chi connectivity index (χ3v) is 5.59. The number of carbonyl (C=O) groups is 2. The quantitative estimate of drug-likeness (QED) is 0.842. The zero-order chi connectivity index (χ0) is 14.7. The van der Waals surface area contributed by atoms with E-state index in [2.05, 4.69) is 0 Å². The van der Waals surface area contributed by atoms with Gasteiger partial charge in [0, 0.05) is 11.8 Å². The van der Waals surface area contributed by atoms with Crippen molar-refractivity contribution >= 4 is 11.7 Å². The van der Waals surface area contributed by atoms with Gasteiger partial charge in [-0.3, -0.25) is 9.59 Å². The summed E-state index contributed by atoms with van der Waals surface area (Å²) in [5.74, 6) is -0.643. The smallest absolute Gasteiger partial charge is 0.346 e. The second-order valence-corrected chi connectivity index (χ2v) is 6.44. The maximum absolute atomic E-state index is 12.2. The van der Waals surface area contributed by atoms with E-state index in [0.717, 1.165) is 0 Å². The molecule has 2 rings (SSSR count). The molecule has 6 heteroatoms. The van der Waals surface area contributed by atoms with Crippen molar-refractivity contribution in [3.05, 3.63) is 0 Å². The van der Waals surface area contributed by atoms with E-state index in [1.807, 2.05) is 26.1 Å². The normalized spacial score (nSPS) is 36.6. The zero-order valence-corrected chi connectivity index (χ0v) is 11.3. The van der Waals surface area contributed by atoms with Crippen LogP contribution in [0.5, 0.6) is 0 Å². The molecule has 1 N–H and O–H groups in total. The molecule has 3 nitrogen and oxygen atoms in total. The van der Waals surface area contributed by atoms with E-state index in [-0.39, 0.29) is 12.2 Å². The van der Waals surface area contributed by atoms with Gasteiger partial charge < -0.3 is 5.32 Å². The van der Waals surface area contributed by atoms with Crippen molar-refractivity contribution in [2.24, 2.45) is 16.2 Å². The fourth-order valence-electron chi connectivity index (χ4n) is 3.71. The van der Waals surface area contributed by atoms with Crippen LogP contribution in [0.1, 0.15) is 40.0 Å². The molecule has 0 saturated heterocycles. The van der Waals surface area contributed by atoms with Crippen LogP contribution in [-0.4, -0.2) is 24.4 Å². The Hall–Kier alpha value is -1.07. The second-order valence-electron chi connectivity index (χ2n) is 6.44. The molecule has 2 aliphatic carbocycles. The third kappa shape index (κ3) is 1.71. The molecule has 0 aromatic heterocycles. The van der Waals surface area contributed by atoms with Crippen molar-refractivity contribution in [3.63, 3.8) is 0 Å². The van der Waals surface area contributed by atoms with E-state index in [4.69, 9.17) is 0 Å². The summed E-state index contributed by atoms with van der Waals surface area (Å²) < 4.78 is 36.6. The lowest BCUT2D eigenvalue weighted by atomic mass is 9.64. The van der Waals surface area contributed by atoms with Gasteiger partial charge in [0.1, 0.15) is 12.3 Å². The highest BCUT2D eigenvalue weighted by Crippen LogP contribution is 2.70. The lowest BCUT2D eigenvalue weighted by Gasteiger charge is -2.38. The zero-order valence-electron chi connectivity index (χ0n) is 11.3. The van der Waals surface area contributed by atoms with E-state index in [1.165, 1.54) is 0 Å². The van der Waals surface area contributed by atoms with Crippen LogP contribution in [0.15, 0.2) is 0 Å². The van der Waals surface area contributed by atoms with Crippen LogP contribution in [0.2, 0.25) is 0 Å². The fourth-order valence-corrected chi connectivity index (χ4v) is 3.71. The van der Waals surface area contributed by atoms with Crippen LogP contribution in [0, 0.1) is 16.2 Å². The average Bonchev–Trinajstić information content (AvgIpc) is 2.55. The molecule has 0 heterocycles.